The molecule has 7 heteroatoms. The summed E-state index contributed by atoms with van der Waals surface area (Å²) in [5.74, 6) is -1.86. The van der Waals surface area contributed by atoms with Crippen LogP contribution in [-0.2, 0) is 9.53 Å². The normalized spacial score (nSPS) is 13.1. The maximum Gasteiger partial charge on any atom is 0.338 e. The van der Waals surface area contributed by atoms with E-state index in [0.29, 0.717) is 16.8 Å². The molecule has 7 nitrogen and oxygen atoms in total. The Balaban J connectivity index is 1.49. The number of carbonyl (C=O) groups is 4. The van der Waals surface area contributed by atoms with Crippen LogP contribution in [0.2, 0.25) is 0 Å². The molecule has 3 aromatic carbocycles. The number of hydrogen-bond donors (Lipinski definition) is 2. The number of anilines is 1. The van der Waals surface area contributed by atoms with Gasteiger partial charge >= 0.3 is 5.97 Å². The van der Waals surface area contributed by atoms with E-state index in [2.05, 4.69) is 5.32 Å². The molecule has 0 saturated carbocycles. The molecule has 0 saturated heterocycles. The fourth-order valence-electron chi connectivity index (χ4n) is 3.30. The number of esters is 1. The standard InChI is InChI=1S/C24H17NO6/c1-13(31-24(30)14-6-9-16(26)10-7-14)23(29)25-15-8-11-19-20(12-15)22(28)18-5-3-2-4-17(18)21(19)27/h2-13,26H,1H3,(H,25,29)/t13-/m0/s1. The number of aromatic hydroxyl groups is 1. The number of phenolic OH excluding ortho intramolecular Hbond substituents is 1. The second kappa shape index (κ2) is 7.87. The van der Waals surface area contributed by atoms with Crippen LogP contribution in [0.25, 0.3) is 0 Å². The van der Waals surface area contributed by atoms with E-state index in [1.807, 2.05) is 0 Å². The van der Waals surface area contributed by atoms with Crippen molar-refractivity contribution >= 4 is 29.1 Å². The maximum absolute atomic E-state index is 12.8. The Kier molecular flexibility index (Phi) is 5.09. The van der Waals surface area contributed by atoms with Crippen LogP contribution in [-0.4, -0.2) is 34.7 Å². The zero-order valence-corrected chi connectivity index (χ0v) is 16.4. The monoisotopic (exact) mass is 415 g/mol. The third-order valence-electron chi connectivity index (χ3n) is 4.95. The van der Waals surface area contributed by atoms with Gasteiger partial charge in [0, 0.05) is 27.9 Å². The van der Waals surface area contributed by atoms with E-state index in [0.717, 1.165) is 0 Å². The minimum absolute atomic E-state index is 0.00500. The van der Waals surface area contributed by atoms with Crippen molar-refractivity contribution in [3.8, 4) is 5.75 Å². The van der Waals surface area contributed by atoms with Crippen LogP contribution in [0.4, 0.5) is 5.69 Å². The number of phenols is 1. The molecular formula is C24H17NO6. The number of benzene rings is 3. The highest BCUT2D eigenvalue weighted by Crippen LogP contribution is 2.29. The summed E-state index contributed by atoms with van der Waals surface area (Å²) < 4.78 is 5.15. The Morgan fingerprint density at radius 3 is 2.06 bits per heavy atom. The quantitative estimate of drug-likeness (QED) is 0.495. The van der Waals surface area contributed by atoms with Gasteiger partial charge < -0.3 is 15.2 Å². The number of ether oxygens (including phenoxy) is 1. The number of carbonyl (C=O) groups excluding carboxylic acids is 4. The summed E-state index contributed by atoms with van der Waals surface area (Å²) in [5.41, 5.74) is 1.64. The van der Waals surface area contributed by atoms with Crippen LogP contribution < -0.4 is 5.32 Å². The van der Waals surface area contributed by atoms with Gasteiger partial charge in [0.2, 0.25) is 0 Å². The van der Waals surface area contributed by atoms with Crippen molar-refractivity contribution in [2.24, 2.45) is 0 Å². The largest absolute Gasteiger partial charge is 0.508 e. The molecule has 0 heterocycles. The summed E-state index contributed by atoms with van der Waals surface area (Å²) >= 11 is 0. The molecule has 1 atom stereocenters. The summed E-state index contributed by atoms with van der Waals surface area (Å²) in [4.78, 5) is 50.1. The fourth-order valence-corrected chi connectivity index (χ4v) is 3.30. The van der Waals surface area contributed by atoms with Crippen molar-refractivity contribution in [3.05, 3.63) is 94.5 Å². The van der Waals surface area contributed by atoms with Crippen LogP contribution in [0, 0.1) is 0 Å². The van der Waals surface area contributed by atoms with Gasteiger partial charge in [-0.3, -0.25) is 14.4 Å². The molecular weight excluding hydrogens is 398 g/mol. The zero-order valence-electron chi connectivity index (χ0n) is 16.4. The molecule has 154 valence electrons. The van der Waals surface area contributed by atoms with Gasteiger partial charge in [-0.05, 0) is 49.4 Å². The molecule has 1 aliphatic rings. The average Bonchev–Trinajstić information content (AvgIpc) is 2.77. The molecule has 0 aromatic heterocycles. The summed E-state index contributed by atoms with van der Waals surface area (Å²) in [5, 5.41) is 11.9. The van der Waals surface area contributed by atoms with Gasteiger partial charge in [-0.25, -0.2) is 4.79 Å². The van der Waals surface area contributed by atoms with Crippen molar-refractivity contribution < 1.29 is 29.0 Å². The second-order valence-electron chi connectivity index (χ2n) is 7.05. The van der Waals surface area contributed by atoms with Crippen LogP contribution in [0.3, 0.4) is 0 Å². The van der Waals surface area contributed by atoms with Gasteiger partial charge in [-0.2, -0.15) is 0 Å². The van der Waals surface area contributed by atoms with E-state index in [1.165, 1.54) is 49.4 Å². The Labute approximate surface area is 177 Å². The molecule has 0 bridgehead atoms. The molecule has 0 aliphatic heterocycles. The number of nitrogens with one attached hydrogen (secondary N) is 1. The fraction of sp³-hybridized carbons (Fsp3) is 0.0833. The second-order valence-corrected chi connectivity index (χ2v) is 7.05. The van der Waals surface area contributed by atoms with Gasteiger partial charge in [0.05, 0.1) is 5.56 Å². The van der Waals surface area contributed by atoms with Gasteiger partial charge in [0.25, 0.3) is 5.91 Å². The molecule has 1 amide bonds. The van der Waals surface area contributed by atoms with E-state index < -0.39 is 18.0 Å². The highest BCUT2D eigenvalue weighted by atomic mass is 16.5. The van der Waals surface area contributed by atoms with Gasteiger partial charge in [0.15, 0.2) is 17.7 Å². The first-order chi connectivity index (χ1) is 14.8. The van der Waals surface area contributed by atoms with E-state index in [9.17, 15) is 24.3 Å². The molecule has 1 aliphatic carbocycles. The third kappa shape index (κ3) is 3.81. The van der Waals surface area contributed by atoms with Crippen molar-refractivity contribution in [1.82, 2.24) is 0 Å². The Hall–Kier alpha value is -4.26. The molecule has 2 N–H and O–H groups in total. The molecule has 4 rings (SSSR count). The predicted octanol–water partition coefficient (Wildman–Crippen LogP) is 3.35. The number of amides is 1. The number of ketones is 2. The summed E-state index contributed by atoms with van der Waals surface area (Å²) in [6, 6.07) is 16.5. The minimum Gasteiger partial charge on any atom is -0.508 e. The van der Waals surface area contributed by atoms with Crippen LogP contribution in [0.15, 0.2) is 66.7 Å². The average molecular weight is 415 g/mol. The number of hydrogen-bond acceptors (Lipinski definition) is 6. The van der Waals surface area contributed by atoms with Crippen LogP contribution >= 0.6 is 0 Å². The molecule has 0 radical (unpaired) electrons. The number of rotatable bonds is 4. The molecule has 31 heavy (non-hydrogen) atoms. The van der Waals surface area contributed by atoms with E-state index >= 15 is 0 Å². The van der Waals surface area contributed by atoms with Gasteiger partial charge in [-0.15, -0.1) is 0 Å². The first-order valence-corrected chi connectivity index (χ1v) is 9.48. The lowest BCUT2D eigenvalue weighted by Crippen LogP contribution is -2.30. The van der Waals surface area contributed by atoms with Crippen molar-refractivity contribution in [2.75, 3.05) is 5.32 Å². The SMILES string of the molecule is C[C@H](OC(=O)c1ccc(O)cc1)C(=O)Nc1ccc2c(c1)C(=O)c1ccccc1C2=O. The lowest BCUT2D eigenvalue weighted by atomic mass is 9.84. The molecule has 3 aromatic rings. The van der Waals surface area contributed by atoms with Crippen molar-refractivity contribution in [2.45, 2.75) is 13.0 Å². The lowest BCUT2D eigenvalue weighted by Gasteiger charge is -2.19. The topological polar surface area (TPSA) is 110 Å². The summed E-state index contributed by atoms with van der Waals surface area (Å²) in [7, 11) is 0. The van der Waals surface area contributed by atoms with Gasteiger partial charge in [-0.1, -0.05) is 24.3 Å². The van der Waals surface area contributed by atoms with E-state index in [1.54, 1.807) is 24.3 Å². The Bertz CT molecular complexity index is 1230. The first kappa shape index (κ1) is 20.0. The molecule has 0 unspecified atom stereocenters. The van der Waals surface area contributed by atoms with Crippen LogP contribution in [0.5, 0.6) is 5.75 Å². The number of fused-ring (bicyclic) bond motifs is 2. The maximum atomic E-state index is 12.8. The van der Waals surface area contributed by atoms with E-state index in [4.69, 9.17) is 4.74 Å². The van der Waals surface area contributed by atoms with Gasteiger partial charge in [0.1, 0.15) is 5.75 Å². The Morgan fingerprint density at radius 1 is 0.839 bits per heavy atom. The smallest absolute Gasteiger partial charge is 0.338 e. The first-order valence-electron chi connectivity index (χ1n) is 9.48. The molecule has 0 fully saturated rings. The van der Waals surface area contributed by atoms with Crippen molar-refractivity contribution in [1.29, 1.82) is 0 Å². The van der Waals surface area contributed by atoms with Crippen molar-refractivity contribution in [3.63, 3.8) is 0 Å². The third-order valence-corrected chi connectivity index (χ3v) is 4.95. The van der Waals surface area contributed by atoms with Crippen LogP contribution in [0.1, 0.15) is 49.1 Å². The van der Waals surface area contributed by atoms with E-state index in [-0.39, 0.29) is 34.0 Å². The minimum atomic E-state index is -1.12. The Morgan fingerprint density at radius 2 is 1.42 bits per heavy atom. The highest BCUT2D eigenvalue weighted by Gasteiger charge is 2.29. The summed E-state index contributed by atoms with van der Waals surface area (Å²) in [6.07, 6.45) is -1.12. The summed E-state index contributed by atoms with van der Waals surface area (Å²) in [6.45, 7) is 1.41. The molecule has 0 spiro atoms. The predicted molar refractivity (Wildman–Crippen MR) is 111 cm³/mol. The lowest BCUT2D eigenvalue weighted by molar-refractivity contribution is -0.123. The zero-order chi connectivity index (χ0) is 22.1. The highest BCUT2D eigenvalue weighted by molar-refractivity contribution is 6.28.